The van der Waals surface area contributed by atoms with E-state index in [0.29, 0.717) is 16.6 Å². The number of carboxylic acid groups (broad SMARTS) is 1. The Morgan fingerprint density at radius 2 is 2.21 bits per heavy atom. The standard InChI is InChI=1S/C12H9ClN2O3S/c13-5-1-2-8-9(3-5)19-12(14-8)15-10(16)6-4-7(6)11(17)18/h1-3,6-7H,4H2,(H,17,18)(H,14,15,16)/t6-,7+/m1/s1. The van der Waals surface area contributed by atoms with Crippen LogP contribution in [0.3, 0.4) is 0 Å². The topological polar surface area (TPSA) is 79.3 Å². The van der Waals surface area contributed by atoms with Gasteiger partial charge in [-0.1, -0.05) is 22.9 Å². The molecule has 7 heteroatoms. The summed E-state index contributed by atoms with van der Waals surface area (Å²) in [5, 5.41) is 12.5. The summed E-state index contributed by atoms with van der Waals surface area (Å²) in [5.41, 5.74) is 0.760. The number of fused-ring (bicyclic) bond motifs is 1. The van der Waals surface area contributed by atoms with Gasteiger partial charge in [0.1, 0.15) is 0 Å². The van der Waals surface area contributed by atoms with E-state index in [-0.39, 0.29) is 5.91 Å². The van der Waals surface area contributed by atoms with Gasteiger partial charge in [-0.15, -0.1) is 0 Å². The number of anilines is 1. The predicted octanol–water partition coefficient (Wildman–Crippen LogP) is 2.61. The number of nitrogens with zero attached hydrogens (tertiary/aromatic N) is 1. The minimum Gasteiger partial charge on any atom is -0.481 e. The lowest BCUT2D eigenvalue weighted by Crippen LogP contribution is -2.16. The highest BCUT2D eigenvalue weighted by molar-refractivity contribution is 7.22. The predicted molar refractivity (Wildman–Crippen MR) is 72.5 cm³/mol. The molecule has 3 rings (SSSR count). The van der Waals surface area contributed by atoms with Gasteiger partial charge >= 0.3 is 5.97 Å². The Morgan fingerprint density at radius 3 is 2.89 bits per heavy atom. The van der Waals surface area contributed by atoms with Crippen LogP contribution in [0.2, 0.25) is 5.02 Å². The molecule has 0 spiro atoms. The van der Waals surface area contributed by atoms with Gasteiger partial charge in [0.05, 0.1) is 22.1 Å². The largest absolute Gasteiger partial charge is 0.481 e. The molecule has 1 aliphatic carbocycles. The van der Waals surface area contributed by atoms with E-state index in [9.17, 15) is 9.59 Å². The highest BCUT2D eigenvalue weighted by atomic mass is 35.5. The van der Waals surface area contributed by atoms with E-state index in [4.69, 9.17) is 16.7 Å². The molecule has 1 fully saturated rings. The molecule has 98 valence electrons. The van der Waals surface area contributed by atoms with E-state index in [1.54, 1.807) is 18.2 Å². The first-order chi connectivity index (χ1) is 9.04. The van der Waals surface area contributed by atoms with Crippen LogP contribution in [0.1, 0.15) is 6.42 Å². The van der Waals surface area contributed by atoms with E-state index in [2.05, 4.69) is 10.3 Å². The van der Waals surface area contributed by atoms with Crippen molar-refractivity contribution in [2.75, 3.05) is 5.32 Å². The van der Waals surface area contributed by atoms with Crippen LogP contribution < -0.4 is 5.32 Å². The lowest BCUT2D eigenvalue weighted by Gasteiger charge is -1.98. The summed E-state index contributed by atoms with van der Waals surface area (Å²) >= 11 is 7.19. The maximum atomic E-state index is 11.8. The van der Waals surface area contributed by atoms with Crippen LogP contribution in [0.25, 0.3) is 10.2 Å². The van der Waals surface area contributed by atoms with Gasteiger partial charge in [0, 0.05) is 5.02 Å². The molecule has 2 N–H and O–H groups in total. The second-order valence-corrected chi connectivity index (χ2v) is 5.87. The number of nitrogens with one attached hydrogen (secondary N) is 1. The van der Waals surface area contributed by atoms with Crippen LogP contribution >= 0.6 is 22.9 Å². The van der Waals surface area contributed by atoms with E-state index in [1.165, 1.54) is 11.3 Å². The molecular formula is C12H9ClN2O3S. The smallest absolute Gasteiger partial charge is 0.307 e. The summed E-state index contributed by atoms with van der Waals surface area (Å²) in [6.45, 7) is 0. The van der Waals surface area contributed by atoms with Gasteiger partial charge in [0.25, 0.3) is 0 Å². The van der Waals surface area contributed by atoms with Gasteiger partial charge in [-0.25, -0.2) is 4.98 Å². The maximum Gasteiger partial charge on any atom is 0.307 e. The van der Waals surface area contributed by atoms with Crippen LogP contribution in [0.15, 0.2) is 18.2 Å². The van der Waals surface area contributed by atoms with Gasteiger partial charge in [-0.3, -0.25) is 9.59 Å². The summed E-state index contributed by atoms with van der Waals surface area (Å²) < 4.78 is 0.883. The highest BCUT2D eigenvalue weighted by Crippen LogP contribution is 2.40. The third-order valence-corrected chi connectivity index (χ3v) is 4.19. The van der Waals surface area contributed by atoms with Gasteiger partial charge in [0.2, 0.25) is 5.91 Å². The third-order valence-electron chi connectivity index (χ3n) is 3.03. The Kier molecular flexibility index (Phi) is 2.91. The van der Waals surface area contributed by atoms with E-state index >= 15 is 0 Å². The molecule has 1 aliphatic rings. The fourth-order valence-corrected chi connectivity index (χ4v) is 3.05. The second kappa shape index (κ2) is 4.47. The third kappa shape index (κ3) is 2.41. The summed E-state index contributed by atoms with van der Waals surface area (Å²) in [5.74, 6) is -2.19. The van der Waals surface area contributed by atoms with Crippen molar-refractivity contribution in [1.82, 2.24) is 4.98 Å². The number of aliphatic carboxylic acids is 1. The summed E-state index contributed by atoms with van der Waals surface area (Å²) in [6, 6.07) is 5.29. The molecule has 1 heterocycles. The van der Waals surface area contributed by atoms with Crippen molar-refractivity contribution in [3.63, 3.8) is 0 Å². The first-order valence-electron chi connectivity index (χ1n) is 5.64. The molecule has 19 heavy (non-hydrogen) atoms. The van der Waals surface area contributed by atoms with Gasteiger partial charge in [-0.2, -0.15) is 0 Å². The molecule has 1 aromatic carbocycles. The molecule has 0 unspecified atom stereocenters. The van der Waals surface area contributed by atoms with Crippen molar-refractivity contribution in [2.24, 2.45) is 11.8 Å². The number of thiazole rings is 1. The lowest BCUT2D eigenvalue weighted by atomic mass is 10.3. The molecule has 1 aromatic heterocycles. The maximum absolute atomic E-state index is 11.8. The van der Waals surface area contributed by atoms with E-state index in [0.717, 1.165) is 10.2 Å². The Morgan fingerprint density at radius 1 is 1.42 bits per heavy atom. The van der Waals surface area contributed by atoms with Crippen LogP contribution in [-0.4, -0.2) is 22.0 Å². The molecule has 0 aliphatic heterocycles. The van der Waals surface area contributed by atoms with Crippen molar-refractivity contribution < 1.29 is 14.7 Å². The minimum atomic E-state index is -0.920. The SMILES string of the molecule is O=C(O)[C@H]1C[C@H]1C(=O)Nc1nc2ccc(Cl)cc2s1. The summed E-state index contributed by atoms with van der Waals surface area (Å²) in [7, 11) is 0. The molecule has 0 bridgehead atoms. The van der Waals surface area contributed by atoms with Crippen LogP contribution in [0, 0.1) is 11.8 Å². The van der Waals surface area contributed by atoms with Gasteiger partial charge in [0.15, 0.2) is 5.13 Å². The summed E-state index contributed by atoms with van der Waals surface area (Å²) in [6.07, 6.45) is 0.401. The average molecular weight is 297 g/mol. The number of carbonyl (C=O) groups is 2. The lowest BCUT2D eigenvalue weighted by molar-refractivity contribution is -0.139. The van der Waals surface area contributed by atoms with E-state index < -0.39 is 17.8 Å². The summed E-state index contributed by atoms with van der Waals surface area (Å²) in [4.78, 5) is 26.8. The van der Waals surface area contributed by atoms with Crippen molar-refractivity contribution in [3.8, 4) is 0 Å². The number of carboxylic acids is 1. The Hall–Kier alpha value is -1.66. The normalized spacial score (nSPS) is 21.3. The number of hydrogen-bond acceptors (Lipinski definition) is 4. The van der Waals surface area contributed by atoms with Crippen molar-refractivity contribution in [2.45, 2.75) is 6.42 Å². The Bertz CT molecular complexity index is 685. The van der Waals surface area contributed by atoms with Gasteiger partial charge in [-0.05, 0) is 24.6 Å². The number of carbonyl (C=O) groups excluding carboxylic acids is 1. The molecule has 1 amide bonds. The van der Waals surface area contributed by atoms with Gasteiger partial charge < -0.3 is 10.4 Å². The first-order valence-corrected chi connectivity index (χ1v) is 6.84. The number of benzene rings is 1. The number of amides is 1. The molecule has 1 saturated carbocycles. The van der Waals surface area contributed by atoms with Crippen molar-refractivity contribution >= 4 is 50.2 Å². The highest BCUT2D eigenvalue weighted by Gasteiger charge is 2.48. The molecular weight excluding hydrogens is 288 g/mol. The van der Waals surface area contributed by atoms with Crippen LogP contribution in [0.4, 0.5) is 5.13 Å². The molecule has 2 aromatic rings. The second-order valence-electron chi connectivity index (χ2n) is 4.41. The monoisotopic (exact) mass is 296 g/mol. The first kappa shape index (κ1) is 12.4. The zero-order valence-corrected chi connectivity index (χ0v) is 11.2. The quantitative estimate of drug-likeness (QED) is 0.912. The van der Waals surface area contributed by atoms with Crippen molar-refractivity contribution in [3.05, 3.63) is 23.2 Å². The molecule has 5 nitrogen and oxygen atoms in total. The Labute approximate surface area is 117 Å². The number of hydrogen-bond donors (Lipinski definition) is 2. The zero-order chi connectivity index (χ0) is 13.6. The van der Waals surface area contributed by atoms with Crippen LogP contribution in [0.5, 0.6) is 0 Å². The minimum absolute atomic E-state index is 0.280. The van der Waals surface area contributed by atoms with E-state index in [1.807, 2.05) is 0 Å². The fraction of sp³-hybridized carbons (Fsp3) is 0.250. The number of halogens is 1. The average Bonchev–Trinajstić information content (AvgIpc) is 3.05. The van der Waals surface area contributed by atoms with Crippen LogP contribution in [-0.2, 0) is 9.59 Å². The Balaban J connectivity index is 1.75. The van der Waals surface area contributed by atoms with Crippen molar-refractivity contribution in [1.29, 1.82) is 0 Å². The molecule has 2 atom stereocenters. The number of aromatic nitrogens is 1. The number of rotatable bonds is 3. The fourth-order valence-electron chi connectivity index (χ4n) is 1.91. The molecule has 0 saturated heterocycles. The molecule has 0 radical (unpaired) electrons. The zero-order valence-electron chi connectivity index (χ0n) is 9.59.